The van der Waals surface area contributed by atoms with Gasteiger partial charge in [0.1, 0.15) is 5.78 Å². The lowest BCUT2D eigenvalue weighted by atomic mass is 10.1. The van der Waals surface area contributed by atoms with E-state index in [2.05, 4.69) is 4.90 Å². The van der Waals surface area contributed by atoms with Crippen molar-refractivity contribution in [3.63, 3.8) is 0 Å². The lowest BCUT2D eigenvalue weighted by Crippen LogP contribution is -2.35. The smallest absolute Gasteiger partial charge is 0.146 e. The van der Waals surface area contributed by atoms with Crippen molar-refractivity contribution in [3.8, 4) is 0 Å². The van der Waals surface area contributed by atoms with Gasteiger partial charge in [-0.25, -0.2) is 0 Å². The summed E-state index contributed by atoms with van der Waals surface area (Å²) in [6, 6.07) is 0.0597. The minimum Gasteiger partial charge on any atom is -0.330 e. The van der Waals surface area contributed by atoms with Crippen molar-refractivity contribution in [2.24, 2.45) is 5.73 Å². The van der Waals surface area contributed by atoms with E-state index in [1.54, 1.807) is 6.92 Å². The van der Waals surface area contributed by atoms with Crippen molar-refractivity contribution < 1.29 is 4.79 Å². The molecule has 3 nitrogen and oxygen atoms in total. The summed E-state index contributed by atoms with van der Waals surface area (Å²) < 4.78 is 0. The summed E-state index contributed by atoms with van der Waals surface area (Å²) in [6.45, 7) is 5.41. The highest BCUT2D eigenvalue weighted by Gasteiger charge is 2.12. The van der Waals surface area contributed by atoms with Crippen LogP contribution < -0.4 is 5.73 Å². The molecule has 3 heteroatoms. The summed E-state index contributed by atoms with van der Waals surface area (Å²) in [4.78, 5) is 13.2. The Hall–Kier alpha value is -0.410. The van der Waals surface area contributed by atoms with Crippen LogP contribution in [0.25, 0.3) is 0 Å². The third-order valence-corrected chi connectivity index (χ3v) is 2.71. The SMILES string of the molecule is CC(=O)[C@@H](C)N(C)CCCCCCN. The molecule has 0 aliphatic heterocycles. The highest BCUT2D eigenvalue weighted by molar-refractivity contribution is 5.80. The van der Waals surface area contributed by atoms with Gasteiger partial charge in [0.2, 0.25) is 0 Å². The Kier molecular flexibility index (Phi) is 7.71. The maximum absolute atomic E-state index is 11.1. The molecular formula is C11H24N2O. The molecule has 0 saturated carbocycles. The van der Waals surface area contributed by atoms with Crippen LogP contribution in [0.5, 0.6) is 0 Å². The molecule has 0 aliphatic carbocycles. The molecular weight excluding hydrogens is 176 g/mol. The predicted octanol–water partition coefficient (Wildman–Crippen LogP) is 1.41. The first-order valence-corrected chi connectivity index (χ1v) is 5.50. The fourth-order valence-electron chi connectivity index (χ4n) is 1.36. The van der Waals surface area contributed by atoms with Crippen molar-refractivity contribution in [1.82, 2.24) is 4.90 Å². The van der Waals surface area contributed by atoms with E-state index in [1.807, 2.05) is 14.0 Å². The van der Waals surface area contributed by atoms with E-state index >= 15 is 0 Å². The summed E-state index contributed by atoms with van der Waals surface area (Å²) in [7, 11) is 2.01. The zero-order valence-corrected chi connectivity index (χ0v) is 9.75. The Labute approximate surface area is 87.6 Å². The van der Waals surface area contributed by atoms with Crippen LogP contribution in [0, 0.1) is 0 Å². The molecule has 0 aromatic heterocycles. The van der Waals surface area contributed by atoms with Crippen LogP contribution >= 0.6 is 0 Å². The Balaban J connectivity index is 3.43. The van der Waals surface area contributed by atoms with Gasteiger partial charge in [0, 0.05) is 0 Å². The van der Waals surface area contributed by atoms with Gasteiger partial charge in [-0.3, -0.25) is 9.69 Å². The van der Waals surface area contributed by atoms with E-state index in [-0.39, 0.29) is 11.8 Å². The fraction of sp³-hybridized carbons (Fsp3) is 0.909. The molecule has 0 radical (unpaired) electrons. The van der Waals surface area contributed by atoms with Crippen LogP contribution in [0.3, 0.4) is 0 Å². The average molecular weight is 200 g/mol. The highest BCUT2D eigenvalue weighted by atomic mass is 16.1. The van der Waals surface area contributed by atoms with Crippen LogP contribution in [-0.4, -0.2) is 36.9 Å². The van der Waals surface area contributed by atoms with Gasteiger partial charge in [-0.1, -0.05) is 12.8 Å². The van der Waals surface area contributed by atoms with E-state index in [9.17, 15) is 4.79 Å². The van der Waals surface area contributed by atoms with Crippen molar-refractivity contribution in [1.29, 1.82) is 0 Å². The Bertz CT molecular complexity index is 159. The molecule has 0 saturated heterocycles. The Morgan fingerprint density at radius 1 is 1.29 bits per heavy atom. The van der Waals surface area contributed by atoms with Crippen LogP contribution in [-0.2, 0) is 4.79 Å². The van der Waals surface area contributed by atoms with Crippen LogP contribution in [0.4, 0.5) is 0 Å². The van der Waals surface area contributed by atoms with Crippen LogP contribution in [0.1, 0.15) is 39.5 Å². The number of nitrogens with zero attached hydrogens (tertiary/aromatic N) is 1. The van der Waals surface area contributed by atoms with Gasteiger partial charge >= 0.3 is 0 Å². The zero-order chi connectivity index (χ0) is 11.0. The van der Waals surface area contributed by atoms with Crippen molar-refractivity contribution in [2.75, 3.05) is 20.1 Å². The maximum atomic E-state index is 11.1. The van der Waals surface area contributed by atoms with Gasteiger partial charge in [0.25, 0.3) is 0 Å². The highest BCUT2D eigenvalue weighted by Crippen LogP contribution is 2.03. The predicted molar refractivity (Wildman–Crippen MR) is 60.3 cm³/mol. The molecule has 0 rings (SSSR count). The Morgan fingerprint density at radius 2 is 1.86 bits per heavy atom. The number of rotatable bonds is 8. The summed E-state index contributed by atoms with van der Waals surface area (Å²) >= 11 is 0. The fourth-order valence-corrected chi connectivity index (χ4v) is 1.36. The van der Waals surface area contributed by atoms with E-state index in [0.29, 0.717) is 0 Å². The van der Waals surface area contributed by atoms with Gasteiger partial charge < -0.3 is 5.73 Å². The average Bonchev–Trinajstić information content (AvgIpc) is 2.16. The van der Waals surface area contributed by atoms with Crippen LogP contribution in [0.15, 0.2) is 0 Å². The second-order valence-corrected chi connectivity index (χ2v) is 3.97. The van der Waals surface area contributed by atoms with E-state index in [0.717, 1.165) is 25.9 Å². The number of hydrogen-bond acceptors (Lipinski definition) is 3. The largest absolute Gasteiger partial charge is 0.330 e. The first-order valence-electron chi connectivity index (χ1n) is 5.50. The number of hydrogen-bond donors (Lipinski definition) is 1. The molecule has 84 valence electrons. The quantitative estimate of drug-likeness (QED) is 0.603. The molecule has 0 aromatic carbocycles. The topological polar surface area (TPSA) is 46.3 Å². The van der Waals surface area contributed by atoms with Crippen molar-refractivity contribution in [2.45, 2.75) is 45.6 Å². The molecule has 1 atom stereocenters. The molecule has 0 aromatic rings. The molecule has 14 heavy (non-hydrogen) atoms. The minimum atomic E-state index is 0.0597. The maximum Gasteiger partial charge on any atom is 0.146 e. The number of nitrogens with two attached hydrogens (primary N) is 1. The van der Waals surface area contributed by atoms with E-state index in [1.165, 1.54) is 12.8 Å². The number of carbonyl (C=O) groups excluding carboxylic acids is 1. The van der Waals surface area contributed by atoms with Crippen LogP contribution in [0.2, 0.25) is 0 Å². The molecule has 0 amide bonds. The van der Waals surface area contributed by atoms with E-state index < -0.39 is 0 Å². The van der Waals surface area contributed by atoms with Crippen molar-refractivity contribution >= 4 is 5.78 Å². The molecule has 0 aliphatic rings. The lowest BCUT2D eigenvalue weighted by molar-refractivity contribution is -0.121. The van der Waals surface area contributed by atoms with Gasteiger partial charge in [-0.05, 0) is 46.8 Å². The molecule has 2 N–H and O–H groups in total. The zero-order valence-electron chi connectivity index (χ0n) is 9.75. The first-order chi connectivity index (χ1) is 6.59. The number of likely N-dealkylation sites (N-methyl/N-ethyl adjacent to an activating group) is 1. The summed E-state index contributed by atoms with van der Waals surface area (Å²) in [5.74, 6) is 0.245. The number of Topliss-reactive ketones (excluding diaryl/α,β-unsaturated/α-hetero) is 1. The number of ketones is 1. The third-order valence-electron chi connectivity index (χ3n) is 2.71. The second kappa shape index (κ2) is 7.94. The standard InChI is InChI=1S/C11H24N2O/c1-10(11(2)14)13(3)9-7-5-4-6-8-12/h10H,4-9,12H2,1-3H3/t10-/m1/s1. The second-order valence-electron chi connectivity index (χ2n) is 3.97. The monoisotopic (exact) mass is 200 g/mol. The first kappa shape index (κ1) is 13.6. The summed E-state index contributed by atoms with van der Waals surface area (Å²) in [6.07, 6.45) is 4.70. The molecule has 0 bridgehead atoms. The Morgan fingerprint density at radius 3 is 2.36 bits per heavy atom. The van der Waals surface area contributed by atoms with E-state index in [4.69, 9.17) is 5.73 Å². The van der Waals surface area contributed by atoms with Gasteiger partial charge in [0.15, 0.2) is 0 Å². The normalized spacial score (nSPS) is 13.2. The lowest BCUT2D eigenvalue weighted by Gasteiger charge is -2.22. The van der Waals surface area contributed by atoms with Crippen molar-refractivity contribution in [3.05, 3.63) is 0 Å². The van der Waals surface area contributed by atoms with Gasteiger partial charge in [-0.2, -0.15) is 0 Å². The number of unbranched alkanes of at least 4 members (excludes halogenated alkanes) is 3. The third kappa shape index (κ3) is 6.11. The number of carbonyl (C=O) groups is 1. The minimum absolute atomic E-state index is 0.0597. The molecule has 0 unspecified atom stereocenters. The van der Waals surface area contributed by atoms with Gasteiger partial charge in [0.05, 0.1) is 6.04 Å². The molecule has 0 spiro atoms. The summed E-state index contributed by atoms with van der Waals surface area (Å²) in [5.41, 5.74) is 5.40. The molecule has 0 fully saturated rings. The summed E-state index contributed by atoms with van der Waals surface area (Å²) in [5, 5.41) is 0. The van der Waals surface area contributed by atoms with Gasteiger partial charge in [-0.15, -0.1) is 0 Å². The molecule has 0 heterocycles.